The molecule has 1 fully saturated rings. The minimum absolute atomic E-state index is 0.110. The lowest BCUT2D eigenvalue weighted by Crippen LogP contribution is -2.38. The van der Waals surface area contributed by atoms with Crippen LogP contribution >= 0.6 is 0 Å². The normalized spacial score (nSPS) is 16.7. The van der Waals surface area contributed by atoms with Crippen molar-refractivity contribution < 1.29 is 14.3 Å². The van der Waals surface area contributed by atoms with E-state index in [0.717, 1.165) is 30.9 Å². The van der Waals surface area contributed by atoms with Crippen LogP contribution in [0.25, 0.3) is 0 Å². The zero-order valence-corrected chi connectivity index (χ0v) is 11.4. The highest BCUT2D eigenvalue weighted by atomic mass is 16.5. The Bertz CT molecular complexity index is 448. The summed E-state index contributed by atoms with van der Waals surface area (Å²) in [5.74, 6) is 1.53. The van der Waals surface area contributed by atoms with Gasteiger partial charge in [-0.2, -0.15) is 0 Å². The topological polar surface area (TPSA) is 50.8 Å². The van der Waals surface area contributed by atoms with Crippen molar-refractivity contribution in [3.8, 4) is 11.5 Å². The van der Waals surface area contributed by atoms with Gasteiger partial charge in [-0.3, -0.25) is 4.79 Å². The van der Waals surface area contributed by atoms with Gasteiger partial charge < -0.3 is 19.7 Å². The number of nitrogens with zero attached hydrogens (tertiary/aromatic N) is 1. The Morgan fingerprint density at radius 1 is 1.21 bits per heavy atom. The molecule has 104 valence electrons. The van der Waals surface area contributed by atoms with E-state index in [1.807, 2.05) is 18.2 Å². The highest BCUT2D eigenvalue weighted by molar-refractivity contribution is 5.95. The molecular formula is C14H20N2O3. The number of carbonyl (C=O) groups excluding carboxylic acids is 1. The molecule has 1 aromatic carbocycles. The van der Waals surface area contributed by atoms with Crippen LogP contribution in [0.5, 0.6) is 11.5 Å². The van der Waals surface area contributed by atoms with Crippen molar-refractivity contribution in [2.75, 3.05) is 38.8 Å². The molecule has 0 aromatic heterocycles. The average molecular weight is 264 g/mol. The molecule has 5 nitrogen and oxygen atoms in total. The minimum atomic E-state index is 0.110. The number of methoxy groups -OCH3 is 2. The first-order valence-corrected chi connectivity index (χ1v) is 6.49. The average Bonchev–Trinajstić information content (AvgIpc) is 2.43. The first kappa shape index (κ1) is 13.7. The Morgan fingerprint density at radius 2 is 2.05 bits per heavy atom. The molecule has 19 heavy (non-hydrogen) atoms. The van der Waals surface area contributed by atoms with E-state index in [9.17, 15) is 4.79 Å². The van der Waals surface area contributed by atoms with Crippen molar-refractivity contribution in [2.45, 2.75) is 12.8 Å². The largest absolute Gasteiger partial charge is 0.497 e. The molecule has 1 saturated heterocycles. The van der Waals surface area contributed by atoms with E-state index in [1.165, 1.54) is 0 Å². The summed E-state index contributed by atoms with van der Waals surface area (Å²) in [4.78, 5) is 14.0. The smallest absolute Gasteiger partial charge is 0.228 e. The Hall–Kier alpha value is -1.75. The highest BCUT2D eigenvalue weighted by Crippen LogP contribution is 2.33. The number of carbonyl (C=O) groups is 1. The van der Waals surface area contributed by atoms with E-state index in [4.69, 9.17) is 9.47 Å². The van der Waals surface area contributed by atoms with Gasteiger partial charge >= 0.3 is 0 Å². The molecule has 0 spiro atoms. The lowest BCUT2D eigenvalue weighted by Gasteiger charge is -2.27. The van der Waals surface area contributed by atoms with Crippen molar-refractivity contribution in [3.63, 3.8) is 0 Å². The van der Waals surface area contributed by atoms with Gasteiger partial charge in [0, 0.05) is 25.6 Å². The molecule has 0 aliphatic carbocycles. The molecule has 0 radical (unpaired) electrons. The van der Waals surface area contributed by atoms with Gasteiger partial charge in [-0.1, -0.05) is 0 Å². The van der Waals surface area contributed by atoms with E-state index < -0.39 is 0 Å². The number of hydrogen-bond acceptors (Lipinski definition) is 4. The van der Waals surface area contributed by atoms with Gasteiger partial charge in [0.15, 0.2) is 0 Å². The van der Waals surface area contributed by atoms with Crippen LogP contribution in [0.3, 0.4) is 0 Å². The summed E-state index contributed by atoms with van der Waals surface area (Å²) in [5, 5.41) is 3.24. The molecule has 1 N–H and O–H groups in total. The number of nitrogens with one attached hydrogen (secondary N) is 1. The third-order valence-electron chi connectivity index (χ3n) is 3.23. The fourth-order valence-corrected chi connectivity index (χ4v) is 2.20. The SMILES string of the molecule is COc1ccc(OC)c(N2CCCNCCC2=O)c1. The van der Waals surface area contributed by atoms with Gasteiger partial charge in [0.05, 0.1) is 19.9 Å². The molecule has 2 rings (SSSR count). The fraction of sp³-hybridized carbons (Fsp3) is 0.500. The quantitative estimate of drug-likeness (QED) is 0.897. The molecule has 1 heterocycles. The van der Waals surface area contributed by atoms with Crippen molar-refractivity contribution in [1.29, 1.82) is 0 Å². The van der Waals surface area contributed by atoms with E-state index >= 15 is 0 Å². The first-order valence-electron chi connectivity index (χ1n) is 6.49. The summed E-state index contributed by atoms with van der Waals surface area (Å²) in [6.45, 7) is 2.34. The lowest BCUT2D eigenvalue weighted by molar-refractivity contribution is -0.118. The van der Waals surface area contributed by atoms with Gasteiger partial charge in [0.1, 0.15) is 11.5 Å². The predicted octanol–water partition coefficient (Wildman–Crippen LogP) is 1.42. The minimum Gasteiger partial charge on any atom is -0.497 e. The van der Waals surface area contributed by atoms with Crippen LogP contribution in [-0.4, -0.2) is 39.8 Å². The number of benzene rings is 1. The van der Waals surface area contributed by atoms with Crippen molar-refractivity contribution in [1.82, 2.24) is 5.32 Å². The third-order valence-corrected chi connectivity index (χ3v) is 3.23. The maximum absolute atomic E-state index is 12.2. The lowest BCUT2D eigenvalue weighted by atomic mass is 10.2. The number of rotatable bonds is 3. The van der Waals surface area contributed by atoms with E-state index in [-0.39, 0.29) is 5.91 Å². The monoisotopic (exact) mass is 264 g/mol. The van der Waals surface area contributed by atoms with Crippen LogP contribution in [0.15, 0.2) is 18.2 Å². The van der Waals surface area contributed by atoms with E-state index in [0.29, 0.717) is 18.7 Å². The fourth-order valence-electron chi connectivity index (χ4n) is 2.20. The standard InChI is InChI=1S/C14H20N2O3/c1-18-11-4-5-13(19-2)12(10-11)16-9-3-7-15-8-6-14(16)17/h4-5,10,15H,3,6-9H2,1-2H3. The van der Waals surface area contributed by atoms with Crippen LogP contribution in [0.2, 0.25) is 0 Å². The summed E-state index contributed by atoms with van der Waals surface area (Å²) in [6.07, 6.45) is 1.42. The number of ether oxygens (including phenoxy) is 2. The predicted molar refractivity (Wildman–Crippen MR) is 74.0 cm³/mol. The van der Waals surface area contributed by atoms with Crippen molar-refractivity contribution in [2.24, 2.45) is 0 Å². The van der Waals surface area contributed by atoms with Gasteiger partial charge in [-0.25, -0.2) is 0 Å². The Morgan fingerprint density at radius 3 is 2.79 bits per heavy atom. The zero-order chi connectivity index (χ0) is 13.7. The number of anilines is 1. The Balaban J connectivity index is 2.33. The number of amides is 1. The summed E-state index contributed by atoms with van der Waals surface area (Å²) in [7, 11) is 3.23. The molecule has 0 saturated carbocycles. The molecule has 1 aliphatic rings. The molecule has 1 aromatic rings. The van der Waals surface area contributed by atoms with Crippen LogP contribution in [-0.2, 0) is 4.79 Å². The molecule has 1 amide bonds. The van der Waals surface area contributed by atoms with Gasteiger partial charge in [-0.05, 0) is 25.1 Å². The van der Waals surface area contributed by atoms with E-state index in [2.05, 4.69) is 5.32 Å². The molecule has 0 unspecified atom stereocenters. The van der Waals surface area contributed by atoms with Gasteiger partial charge in [0.25, 0.3) is 0 Å². The molecular weight excluding hydrogens is 244 g/mol. The highest BCUT2D eigenvalue weighted by Gasteiger charge is 2.20. The third kappa shape index (κ3) is 3.17. The maximum atomic E-state index is 12.2. The second kappa shape index (κ2) is 6.43. The van der Waals surface area contributed by atoms with Gasteiger partial charge in [-0.15, -0.1) is 0 Å². The molecule has 5 heteroatoms. The maximum Gasteiger partial charge on any atom is 0.228 e. The van der Waals surface area contributed by atoms with Crippen LogP contribution in [0.4, 0.5) is 5.69 Å². The summed E-state index contributed by atoms with van der Waals surface area (Å²) in [6, 6.07) is 5.52. The summed E-state index contributed by atoms with van der Waals surface area (Å²) in [5.41, 5.74) is 0.786. The number of hydrogen-bond donors (Lipinski definition) is 1. The summed E-state index contributed by atoms with van der Waals surface area (Å²) >= 11 is 0. The summed E-state index contributed by atoms with van der Waals surface area (Å²) < 4.78 is 10.6. The van der Waals surface area contributed by atoms with Crippen LogP contribution in [0.1, 0.15) is 12.8 Å². The second-order valence-corrected chi connectivity index (χ2v) is 4.44. The van der Waals surface area contributed by atoms with Crippen LogP contribution < -0.4 is 19.7 Å². The Kier molecular flexibility index (Phi) is 4.63. The van der Waals surface area contributed by atoms with Crippen LogP contribution in [0, 0.1) is 0 Å². The zero-order valence-electron chi connectivity index (χ0n) is 11.4. The molecule has 0 atom stereocenters. The van der Waals surface area contributed by atoms with Crippen molar-refractivity contribution in [3.05, 3.63) is 18.2 Å². The molecule has 0 bridgehead atoms. The van der Waals surface area contributed by atoms with Crippen molar-refractivity contribution >= 4 is 11.6 Å². The second-order valence-electron chi connectivity index (χ2n) is 4.44. The Labute approximate surface area is 113 Å². The molecule has 1 aliphatic heterocycles. The van der Waals surface area contributed by atoms with E-state index in [1.54, 1.807) is 19.1 Å². The van der Waals surface area contributed by atoms with Gasteiger partial charge in [0.2, 0.25) is 5.91 Å². The first-order chi connectivity index (χ1) is 9.26.